The van der Waals surface area contributed by atoms with Crippen LogP contribution in [0.5, 0.6) is 0 Å². The molecule has 2 rings (SSSR count). The molecule has 0 saturated carbocycles. The van der Waals surface area contributed by atoms with Crippen molar-refractivity contribution in [1.29, 1.82) is 0 Å². The van der Waals surface area contributed by atoms with Crippen molar-refractivity contribution in [3.63, 3.8) is 0 Å². The number of hydrogen-bond donors (Lipinski definition) is 2. The summed E-state index contributed by atoms with van der Waals surface area (Å²) < 4.78 is 26.5. The van der Waals surface area contributed by atoms with Gasteiger partial charge in [-0.05, 0) is 6.92 Å². The molecule has 0 bridgehead atoms. The summed E-state index contributed by atoms with van der Waals surface area (Å²) in [5.41, 5.74) is 5.30. The number of nitrogens with two attached hydrogens (primary N) is 1. The van der Waals surface area contributed by atoms with E-state index < -0.39 is 16.1 Å². The Balaban J connectivity index is 2.20. The zero-order valence-electron chi connectivity index (χ0n) is 9.44. The van der Waals surface area contributed by atoms with Gasteiger partial charge in [0.1, 0.15) is 9.90 Å². The minimum absolute atomic E-state index is 0.0277. The Kier molecular flexibility index (Phi) is 3.55. The normalized spacial score (nSPS) is 13.4. The van der Waals surface area contributed by atoms with Crippen LogP contribution in [-0.2, 0) is 10.0 Å². The van der Waals surface area contributed by atoms with Crippen LogP contribution >= 0.6 is 11.3 Å². The van der Waals surface area contributed by atoms with Crippen LogP contribution in [0.4, 0.5) is 5.95 Å². The van der Waals surface area contributed by atoms with E-state index in [0.29, 0.717) is 5.01 Å². The second-order valence-corrected chi connectivity index (χ2v) is 6.13. The summed E-state index contributed by atoms with van der Waals surface area (Å²) in [6.45, 7) is 1.72. The number of nitrogen functional groups attached to an aromatic ring is 1. The maximum atomic E-state index is 12.0. The molecule has 2 aromatic rings. The number of aromatic nitrogens is 3. The fourth-order valence-corrected chi connectivity index (χ4v) is 3.08. The minimum Gasteiger partial charge on any atom is -0.368 e. The number of sulfonamides is 1. The number of hydrogen-bond acceptors (Lipinski definition) is 7. The molecule has 0 spiro atoms. The Labute approximate surface area is 108 Å². The van der Waals surface area contributed by atoms with Crippen molar-refractivity contribution in [2.75, 3.05) is 5.73 Å². The van der Waals surface area contributed by atoms with Crippen LogP contribution in [0.15, 0.2) is 28.9 Å². The Morgan fingerprint density at radius 1 is 1.33 bits per heavy atom. The van der Waals surface area contributed by atoms with Crippen LogP contribution in [0.1, 0.15) is 18.0 Å². The molecule has 2 aromatic heterocycles. The molecular weight excluding hydrogens is 274 g/mol. The molecule has 0 aliphatic carbocycles. The van der Waals surface area contributed by atoms with E-state index in [1.54, 1.807) is 18.5 Å². The van der Waals surface area contributed by atoms with Crippen molar-refractivity contribution in [3.8, 4) is 0 Å². The maximum absolute atomic E-state index is 12.0. The third-order valence-electron chi connectivity index (χ3n) is 2.11. The molecule has 0 aliphatic rings. The van der Waals surface area contributed by atoms with Crippen molar-refractivity contribution in [1.82, 2.24) is 19.7 Å². The third-order valence-corrected chi connectivity index (χ3v) is 4.57. The monoisotopic (exact) mass is 285 g/mol. The Morgan fingerprint density at radius 3 is 2.56 bits per heavy atom. The van der Waals surface area contributed by atoms with Gasteiger partial charge in [0.05, 0.1) is 18.4 Å². The first-order valence-corrected chi connectivity index (χ1v) is 7.34. The molecule has 3 N–H and O–H groups in total. The molecule has 0 aliphatic heterocycles. The summed E-state index contributed by atoms with van der Waals surface area (Å²) >= 11 is 1.38. The molecule has 2 heterocycles. The molecule has 9 heteroatoms. The number of nitrogens with one attached hydrogen (secondary N) is 1. The fourth-order valence-electron chi connectivity index (χ4n) is 1.26. The standard InChI is InChI=1S/C9H11N5O2S2/c1-6(8-11-2-3-17-8)14-18(15,16)7-4-12-9(10)13-5-7/h2-6,14H,1H3,(H2,10,12,13). The van der Waals surface area contributed by atoms with E-state index in [0.717, 1.165) is 0 Å². The third kappa shape index (κ3) is 2.81. The summed E-state index contributed by atoms with van der Waals surface area (Å²) in [6.07, 6.45) is 3.95. The average molecular weight is 285 g/mol. The van der Waals surface area contributed by atoms with Gasteiger partial charge in [-0.25, -0.2) is 28.1 Å². The Bertz CT molecular complexity index is 609. The van der Waals surface area contributed by atoms with Gasteiger partial charge in [0.15, 0.2) is 0 Å². The molecule has 1 unspecified atom stereocenters. The second kappa shape index (κ2) is 4.96. The summed E-state index contributed by atoms with van der Waals surface area (Å²) in [4.78, 5) is 11.3. The lowest BCUT2D eigenvalue weighted by Gasteiger charge is -2.11. The summed E-state index contributed by atoms with van der Waals surface area (Å²) in [7, 11) is -3.67. The van der Waals surface area contributed by atoms with Gasteiger partial charge in [-0.15, -0.1) is 11.3 Å². The van der Waals surface area contributed by atoms with Gasteiger partial charge >= 0.3 is 0 Å². The SMILES string of the molecule is CC(NS(=O)(=O)c1cnc(N)nc1)c1nccs1. The van der Waals surface area contributed by atoms with Gasteiger partial charge < -0.3 is 5.73 Å². The quantitative estimate of drug-likeness (QED) is 0.849. The topological polar surface area (TPSA) is 111 Å². The molecule has 0 fully saturated rings. The smallest absolute Gasteiger partial charge is 0.244 e. The van der Waals surface area contributed by atoms with Crippen LogP contribution in [0.25, 0.3) is 0 Å². The van der Waals surface area contributed by atoms with Gasteiger partial charge in [0.2, 0.25) is 16.0 Å². The van der Waals surface area contributed by atoms with Gasteiger partial charge in [-0.1, -0.05) is 0 Å². The summed E-state index contributed by atoms with van der Waals surface area (Å²) in [6, 6.07) is -0.410. The lowest BCUT2D eigenvalue weighted by atomic mass is 10.4. The second-order valence-electron chi connectivity index (χ2n) is 3.49. The predicted octanol–water partition coefficient (Wildman–Crippen LogP) is 0.555. The first-order chi connectivity index (χ1) is 8.49. The average Bonchev–Trinajstić information content (AvgIpc) is 2.82. The number of anilines is 1. The van der Waals surface area contributed by atoms with E-state index in [9.17, 15) is 8.42 Å². The van der Waals surface area contributed by atoms with Crippen LogP contribution in [0.3, 0.4) is 0 Å². The zero-order chi connectivity index (χ0) is 13.2. The van der Waals surface area contributed by atoms with Crippen molar-refractivity contribution in [3.05, 3.63) is 29.0 Å². The summed E-state index contributed by atoms with van der Waals surface area (Å²) in [5.74, 6) is 0.0296. The highest BCUT2D eigenvalue weighted by molar-refractivity contribution is 7.89. The summed E-state index contributed by atoms with van der Waals surface area (Å²) in [5, 5.41) is 2.47. The van der Waals surface area contributed by atoms with Crippen molar-refractivity contribution in [2.24, 2.45) is 0 Å². The largest absolute Gasteiger partial charge is 0.368 e. The zero-order valence-corrected chi connectivity index (χ0v) is 11.1. The molecule has 0 radical (unpaired) electrons. The Hall–Kier alpha value is -1.58. The van der Waals surface area contributed by atoms with E-state index in [1.807, 2.05) is 0 Å². The molecule has 0 amide bonds. The molecule has 0 aromatic carbocycles. The van der Waals surface area contributed by atoms with Crippen LogP contribution in [0.2, 0.25) is 0 Å². The molecule has 1 atom stereocenters. The highest BCUT2D eigenvalue weighted by Crippen LogP contribution is 2.17. The van der Waals surface area contributed by atoms with E-state index in [1.165, 1.54) is 23.7 Å². The predicted molar refractivity (Wildman–Crippen MR) is 67.3 cm³/mol. The van der Waals surface area contributed by atoms with E-state index >= 15 is 0 Å². The van der Waals surface area contributed by atoms with E-state index in [-0.39, 0.29) is 10.8 Å². The van der Waals surface area contributed by atoms with Crippen LogP contribution in [-0.4, -0.2) is 23.4 Å². The lowest BCUT2D eigenvalue weighted by Crippen LogP contribution is -2.27. The molecular formula is C9H11N5O2S2. The van der Waals surface area contributed by atoms with Crippen molar-refractivity contribution in [2.45, 2.75) is 17.9 Å². The fraction of sp³-hybridized carbons (Fsp3) is 0.222. The van der Waals surface area contributed by atoms with Crippen molar-refractivity contribution >= 4 is 27.3 Å². The Morgan fingerprint density at radius 2 is 2.00 bits per heavy atom. The number of rotatable bonds is 4. The first-order valence-electron chi connectivity index (χ1n) is 4.98. The first kappa shape index (κ1) is 12.9. The molecule has 96 valence electrons. The van der Waals surface area contributed by atoms with Gasteiger partial charge in [-0.2, -0.15) is 0 Å². The number of nitrogens with zero attached hydrogens (tertiary/aromatic N) is 3. The highest BCUT2D eigenvalue weighted by atomic mass is 32.2. The lowest BCUT2D eigenvalue weighted by molar-refractivity contribution is 0.565. The molecule has 7 nitrogen and oxygen atoms in total. The van der Waals surface area contributed by atoms with Gasteiger partial charge in [0, 0.05) is 11.6 Å². The molecule has 18 heavy (non-hydrogen) atoms. The maximum Gasteiger partial charge on any atom is 0.244 e. The number of thiazole rings is 1. The highest BCUT2D eigenvalue weighted by Gasteiger charge is 2.20. The van der Waals surface area contributed by atoms with E-state index in [2.05, 4.69) is 19.7 Å². The molecule has 0 saturated heterocycles. The van der Waals surface area contributed by atoms with E-state index in [4.69, 9.17) is 5.73 Å². The van der Waals surface area contributed by atoms with Gasteiger partial charge in [-0.3, -0.25) is 0 Å². The van der Waals surface area contributed by atoms with Crippen LogP contribution in [0, 0.1) is 0 Å². The van der Waals surface area contributed by atoms with Crippen molar-refractivity contribution < 1.29 is 8.42 Å². The minimum atomic E-state index is -3.67. The van der Waals surface area contributed by atoms with Gasteiger partial charge in [0.25, 0.3) is 0 Å². The van der Waals surface area contributed by atoms with Crippen LogP contribution < -0.4 is 10.5 Å².